The maximum Gasteiger partial charge on any atom is 0.235 e. The Balaban J connectivity index is 2.01. The fourth-order valence-electron chi connectivity index (χ4n) is 3.16. The Hall–Kier alpha value is -1.55. The number of nitrogens with two attached hydrogens (primary N) is 1. The Morgan fingerprint density at radius 3 is 2.78 bits per heavy atom. The molecule has 1 aliphatic heterocycles. The van der Waals surface area contributed by atoms with E-state index >= 15 is 0 Å². The molecular formula is C14H18N2O2. The second-order valence-corrected chi connectivity index (χ2v) is 5.29. The largest absolute Gasteiger partial charge is 0.497 e. The molecule has 1 spiro atoms. The van der Waals surface area contributed by atoms with E-state index in [1.54, 1.807) is 7.11 Å². The highest BCUT2D eigenvalue weighted by atomic mass is 16.5. The first kappa shape index (κ1) is 11.5. The lowest BCUT2D eigenvalue weighted by Crippen LogP contribution is -2.41. The first-order valence-corrected chi connectivity index (χ1v) is 6.41. The highest BCUT2D eigenvalue weighted by Crippen LogP contribution is 2.47. The molecule has 0 atom stereocenters. The summed E-state index contributed by atoms with van der Waals surface area (Å²) in [6.45, 7) is 0. The van der Waals surface area contributed by atoms with E-state index in [4.69, 9.17) is 10.5 Å². The van der Waals surface area contributed by atoms with Crippen molar-refractivity contribution in [3.63, 3.8) is 0 Å². The zero-order chi connectivity index (χ0) is 12.8. The van der Waals surface area contributed by atoms with Crippen molar-refractivity contribution in [3.05, 3.63) is 23.8 Å². The molecule has 18 heavy (non-hydrogen) atoms. The van der Waals surface area contributed by atoms with E-state index in [0.29, 0.717) is 0 Å². The molecular weight excluding hydrogens is 228 g/mol. The first-order valence-electron chi connectivity index (χ1n) is 6.41. The van der Waals surface area contributed by atoms with Gasteiger partial charge in [0.15, 0.2) is 0 Å². The average molecular weight is 246 g/mol. The predicted molar refractivity (Wildman–Crippen MR) is 69.7 cm³/mol. The summed E-state index contributed by atoms with van der Waals surface area (Å²) < 4.78 is 5.20. The van der Waals surface area contributed by atoms with Gasteiger partial charge in [-0.1, -0.05) is 6.07 Å². The number of carbonyl (C=O) groups is 1. The maximum atomic E-state index is 12.3. The summed E-state index contributed by atoms with van der Waals surface area (Å²) in [6, 6.07) is 6.08. The smallest absolute Gasteiger partial charge is 0.235 e. The standard InChI is InChI=1S/C14H18N2O2/c1-18-10-2-3-11-12(8-10)16-13(17)14(11)6-4-9(15)5-7-14/h2-3,8-9H,4-7,15H2,1H3,(H,16,17). The Labute approximate surface area is 107 Å². The molecule has 0 bridgehead atoms. The van der Waals surface area contributed by atoms with Gasteiger partial charge in [0, 0.05) is 17.8 Å². The van der Waals surface area contributed by atoms with Crippen LogP contribution in [0.1, 0.15) is 31.2 Å². The number of amides is 1. The molecule has 1 aliphatic carbocycles. The Bertz CT molecular complexity index is 491. The number of fused-ring (bicyclic) bond motifs is 2. The van der Waals surface area contributed by atoms with Gasteiger partial charge in [0.25, 0.3) is 0 Å². The molecule has 1 amide bonds. The van der Waals surface area contributed by atoms with E-state index < -0.39 is 0 Å². The number of nitrogens with one attached hydrogen (secondary N) is 1. The van der Waals surface area contributed by atoms with Gasteiger partial charge in [-0.25, -0.2) is 0 Å². The van der Waals surface area contributed by atoms with E-state index in [1.807, 2.05) is 18.2 Å². The van der Waals surface area contributed by atoms with Gasteiger partial charge in [0.2, 0.25) is 5.91 Å². The minimum atomic E-state index is -0.350. The van der Waals surface area contributed by atoms with Crippen LogP contribution in [0, 0.1) is 0 Å². The van der Waals surface area contributed by atoms with Crippen LogP contribution in [0.5, 0.6) is 5.75 Å². The van der Waals surface area contributed by atoms with Crippen molar-refractivity contribution in [1.82, 2.24) is 0 Å². The monoisotopic (exact) mass is 246 g/mol. The maximum absolute atomic E-state index is 12.3. The topological polar surface area (TPSA) is 64.3 Å². The normalized spacial score (nSPS) is 30.1. The van der Waals surface area contributed by atoms with Gasteiger partial charge in [-0.2, -0.15) is 0 Å². The molecule has 0 radical (unpaired) electrons. The van der Waals surface area contributed by atoms with Crippen LogP contribution in [-0.2, 0) is 10.2 Å². The highest BCUT2D eigenvalue weighted by Gasteiger charge is 2.48. The number of hydrogen-bond donors (Lipinski definition) is 2. The number of methoxy groups -OCH3 is 1. The molecule has 4 nitrogen and oxygen atoms in total. The molecule has 3 N–H and O–H groups in total. The van der Waals surface area contributed by atoms with E-state index in [2.05, 4.69) is 5.32 Å². The van der Waals surface area contributed by atoms with Crippen LogP contribution in [0.2, 0.25) is 0 Å². The number of carbonyl (C=O) groups excluding carboxylic acids is 1. The zero-order valence-electron chi connectivity index (χ0n) is 10.5. The van der Waals surface area contributed by atoms with Crippen LogP contribution in [0.15, 0.2) is 18.2 Å². The number of ether oxygens (including phenoxy) is 1. The van der Waals surface area contributed by atoms with Gasteiger partial charge in [-0.3, -0.25) is 4.79 Å². The molecule has 1 saturated carbocycles. The highest BCUT2D eigenvalue weighted by molar-refractivity contribution is 6.06. The molecule has 1 fully saturated rings. The zero-order valence-corrected chi connectivity index (χ0v) is 10.5. The molecule has 3 rings (SSSR count). The van der Waals surface area contributed by atoms with Crippen molar-refractivity contribution in [2.45, 2.75) is 37.1 Å². The summed E-state index contributed by atoms with van der Waals surface area (Å²) in [5, 5.41) is 2.99. The average Bonchev–Trinajstić information content (AvgIpc) is 2.65. The lowest BCUT2D eigenvalue weighted by molar-refractivity contribution is -0.122. The molecule has 4 heteroatoms. The van der Waals surface area contributed by atoms with Gasteiger partial charge in [-0.05, 0) is 37.3 Å². The Morgan fingerprint density at radius 1 is 1.39 bits per heavy atom. The number of hydrogen-bond acceptors (Lipinski definition) is 3. The van der Waals surface area contributed by atoms with Gasteiger partial charge >= 0.3 is 0 Å². The molecule has 0 unspecified atom stereocenters. The van der Waals surface area contributed by atoms with Gasteiger partial charge in [0.1, 0.15) is 5.75 Å². The lowest BCUT2D eigenvalue weighted by atomic mass is 9.69. The third kappa shape index (κ3) is 1.52. The minimum absolute atomic E-state index is 0.123. The molecule has 0 saturated heterocycles. The second-order valence-electron chi connectivity index (χ2n) is 5.29. The molecule has 1 heterocycles. The van der Waals surface area contributed by atoms with Gasteiger partial charge in [0.05, 0.1) is 12.5 Å². The third-order valence-corrected chi connectivity index (χ3v) is 4.31. The van der Waals surface area contributed by atoms with E-state index in [1.165, 1.54) is 0 Å². The molecule has 2 aliphatic rings. The Morgan fingerprint density at radius 2 is 2.11 bits per heavy atom. The quantitative estimate of drug-likeness (QED) is 0.794. The number of rotatable bonds is 1. The summed E-state index contributed by atoms with van der Waals surface area (Å²) >= 11 is 0. The van der Waals surface area contributed by atoms with Crippen LogP contribution < -0.4 is 15.8 Å². The summed E-state index contributed by atoms with van der Waals surface area (Å²) in [4.78, 5) is 12.3. The summed E-state index contributed by atoms with van der Waals surface area (Å²) in [5.41, 5.74) is 7.60. The van der Waals surface area contributed by atoms with Gasteiger partial charge < -0.3 is 15.8 Å². The van der Waals surface area contributed by atoms with Crippen molar-refractivity contribution in [2.75, 3.05) is 12.4 Å². The van der Waals surface area contributed by atoms with Crippen molar-refractivity contribution < 1.29 is 9.53 Å². The first-order chi connectivity index (χ1) is 8.65. The van der Waals surface area contributed by atoms with Crippen molar-refractivity contribution in [1.29, 1.82) is 0 Å². The van der Waals surface area contributed by atoms with E-state index in [9.17, 15) is 4.79 Å². The SMILES string of the molecule is COc1ccc2c(c1)NC(=O)C21CCC(N)CC1. The summed E-state index contributed by atoms with van der Waals surface area (Å²) in [6.07, 6.45) is 3.52. The van der Waals surface area contributed by atoms with Crippen molar-refractivity contribution >= 4 is 11.6 Å². The fourth-order valence-corrected chi connectivity index (χ4v) is 3.16. The second kappa shape index (κ2) is 3.99. The van der Waals surface area contributed by atoms with Crippen LogP contribution in [0.3, 0.4) is 0 Å². The summed E-state index contributed by atoms with van der Waals surface area (Å²) in [7, 11) is 1.63. The lowest BCUT2D eigenvalue weighted by Gasteiger charge is -2.34. The third-order valence-electron chi connectivity index (χ3n) is 4.31. The fraction of sp³-hybridized carbons (Fsp3) is 0.500. The Kier molecular flexibility index (Phi) is 2.55. The number of benzene rings is 1. The molecule has 0 aromatic heterocycles. The van der Waals surface area contributed by atoms with Crippen molar-refractivity contribution in [3.8, 4) is 5.75 Å². The number of anilines is 1. The van der Waals surface area contributed by atoms with Gasteiger partial charge in [-0.15, -0.1) is 0 Å². The molecule has 96 valence electrons. The van der Waals surface area contributed by atoms with E-state index in [0.717, 1.165) is 42.7 Å². The van der Waals surface area contributed by atoms with Crippen LogP contribution in [-0.4, -0.2) is 19.1 Å². The predicted octanol–water partition coefficient (Wildman–Crippen LogP) is 1.79. The van der Waals surface area contributed by atoms with Crippen LogP contribution in [0.25, 0.3) is 0 Å². The minimum Gasteiger partial charge on any atom is -0.497 e. The molecule has 1 aromatic carbocycles. The summed E-state index contributed by atoms with van der Waals surface area (Å²) in [5.74, 6) is 0.899. The van der Waals surface area contributed by atoms with Crippen molar-refractivity contribution in [2.24, 2.45) is 5.73 Å². The van der Waals surface area contributed by atoms with E-state index in [-0.39, 0.29) is 17.4 Å². The molecule has 1 aromatic rings. The van der Waals surface area contributed by atoms with Crippen LogP contribution in [0.4, 0.5) is 5.69 Å². The van der Waals surface area contributed by atoms with Crippen LogP contribution >= 0.6 is 0 Å².